The topological polar surface area (TPSA) is 41.1 Å². The Morgan fingerprint density at radius 1 is 1.20 bits per heavy atom. The van der Waals surface area contributed by atoms with Crippen molar-refractivity contribution in [2.45, 2.75) is 38.9 Å². The molecule has 0 saturated carbocycles. The predicted octanol–water partition coefficient (Wildman–Crippen LogP) is 1.44. The number of carbonyl (C=O) groups excluding carboxylic acids is 1. The van der Waals surface area contributed by atoms with Crippen LogP contribution in [-0.4, -0.2) is 30.7 Å². The smallest absolute Gasteiger partial charge is 0.355 e. The van der Waals surface area contributed by atoms with E-state index < -0.39 is 18.5 Å². The fraction of sp³-hybridized carbons (Fsp3) is 0.889. The molecule has 0 heterocycles. The summed E-state index contributed by atoms with van der Waals surface area (Å²) in [5.74, 6) is -0.422. The lowest BCUT2D eigenvalue weighted by atomic mass is 10.1. The molecule has 90 valence electrons. The first-order valence-electron chi connectivity index (χ1n) is 4.69. The lowest BCUT2D eigenvalue weighted by Gasteiger charge is -2.20. The van der Waals surface area contributed by atoms with Crippen molar-refractivity contribution in [1.29, 1.82) is 0 Å². The van der Waals surface area contributed by atoms with E-state index in [2.05, 4.69) is 10.6 Å². The fourth-order valence-electron chi connectivity index (χ4n) is 0.752. The second-order valence-electron chi connectivity index (χ2n) is 4.32. The van der Waals surface area contributed by atoms with Crippen molar-refractivity contribution in [2.75, 3.05) is 13.1 Å². The molecule has 2 N–H and O–H groups in total. The van der Waals surface area contributed by atoms with Crippen molar-refractivity contribution in [2.24, 2.45) is 0 Å². The third-order valence-corrected chi connectivity index (χ3v) is 1.51. The number of nitrogens with one attached hydrogen (secondary N) is 2. The third-order valence-electron chi connectivity index (χ3n) is 1.51. The molecule has 1 amide bonds. The van der Waals surface area contributed by atoms with Crippen LogP contribution in [0.25, 0.3) is 0 Å². The maximum Gasteiger partial charge on any atom is 0.390 e. The summed E-state index contributed by atoms with van der Waals surface area (Å²) in [6, 6.07) is 0. The number of alkyl halides is 3. The molecule has 0 saturated heterocycles. The van der Waals surface area contributed by atoms with Gasteiger partial charge in [0.05, 0.1) is 13.0 Å². The zero-order valence-electron chi connectivity index (χ0n) is 9.16. The van der Waals surface area contributed by atoms with Gasteiger partial charge in [0.15, 0.2) is 0 Å². The van der Waals surface area contributed by atoms with E-state index in [-0.39, 0.29) is 18.6 Å². The quantitative estimate of drug-likeness (QED) is 0.761. The second-order valence-corrected chi connectivity index (χ2v) is 4.32. The van der Waals surface area contributed by atoms with E-state index in [0.29, 0.717) is 0 Å². The van der Waals surface area contributed by atoms with Crippen molar-refractivity contribution < 1.29 is 18.0 Å². The van der Waals surface area contributed by atoms with E-state index in [1.54, 1.807) is 0 Å². The molecule has 0 radical (unpaired) electrons. The lowest BCUT2D eigenvalue weighted by molar-refractivity contribution is -0.135. The number of hydrogen-bond donors (Lipinski definition) is 2. The van der Waals surface area contributed by atoms with Crippen LogP contribution >= 0.6 is 0 Å². The Hall–Kier alpha value is -0.780. The molecule has 0 atom stereocenters. The summed E-state index contributed by atoms with van der Waals surface area (Å²) in [5, 5.41) is 5.07. The monoisotopic (exact) mass is 226 g/mol. The van der Waals surface area contributed by atoms with Gasteiger partial charge in [0.2, 0.25) is 5.91 Å². The molecule has 0 aliphatic rings. The normalized spacial score (nSPS) is 12.7. The molecule has 0 bridgehead atoms. The molecule has 0 aromatic heterocycles. The number of carbonyl (C=O) groups is 1. The summed E-state index contributed by atoms with van der Waals surface area (Å²) in [7, 11) is 0. The van der Waals surface area contributed by atoms with Crippen LogP contribution in [0.15, 0.2) is 0 Å². The molecule has 3 nitrogen and oxygen atoms in total. The average Bonchev–Trinajstić information content (AvgIpc) is 1.97. The Labute approximate surface area is 87.4 Å². The van der Waals surface area contributed by atoms with Gasteiger partial charge in [-0.1, -0.05) is 0 Å². The van der Waals surface area contributed by atoms with Crippen LogP contribution in [-0.2, 0) is 4.79 Å². The molecular formula is C9H17F3N2O. The van der Waals surface area contributed by atoms with Crippen LogP contribution in [0.2, 0.25) is 0 Å². The summed E-state index contributed by atoms with van der Waals surface area (Å²) in [4.78, 5) is 11.0. The zero-order valence-corrected chi connectivity index (χ0v) is 9.16. The summed E-state index contributed by atoms with van der Waals surface area (Å²) in [5.41, 5.74) is -0.221. The number of amides is 1. The van der Waals surface area contributed by atoms with Crippen molar-refractivity contribution in [1.82, 2.24) is 10.6 Å². The average molecular weight is 226 g/mol. The van der Waals surface area contributed by atoms with Gasteiger partial charge in [-0.25, -0.2) is 0 Å². The summed E-state index contributed by atoms with van der Waals surface area (Å²) < 4.78 is 35.1. The highest BCUT2D eigenvalue weighted by Crippen LogP contribution is 2.17. The standard InChI is InChI=1S/C9H17F3N2O/c1-8(2,3)14-6-7(15)13-5-4-9(10,11)12/h14H,4-6H2,1-3H3,(H,13,15). The van der Waals surface area contributed by atoms with E-state index in [1.807, 2.05) is 20.8 Å². The number of rotatable bonds is 4. The largest absolute Gasteiger partial charge is 0.390 e. The van der Waals surface area contributed by atoms with Crippen LogP contribution in [0, 0.1) is 0 Å². The molecule has 0 fully saturated rings. The van der Waals surface area contributed by atoms with Gasteiger partial charge in [-0.3, -0.25) is 4.79 Å². The molecule has 0 aromatic carbocycles. The Balaban J connectivity index is 3.60. The molecular weight excluding hydrogens is 209 g/mol. The Morgan fingerprint density at radius 2 is 1.73 bits per heavy atom. The van der Waals surface area contributed by atoms with Gasteiger partial charge < -0.3 is 10.6 Å². The zero-order chi connectivity index (χ0) is 12.1. The Kier molecular flexibility index (Phi) is 5.07. The molecule has 0 spiro atoms. The highest BCUT2D eigenvalue weighted by molar-refractivity contribution is 5.78. The van der Waals surface area contributed by atoms with E-state index >= 15 is 0 Å². The van der Waals surface area contributed by atoms with Gasteiger partial charge in [0, 0.05) is 12.1 Å². The van der Waals surface area contributed by atoms with Gasteiger partial charge in [-0.15, -0.1) is 0 Å². The first-order chi connectivity index (χ1) is 6.60. The third kappa shape index (κ3) is 11.1. The van der Waals surface area contributed by atoms with Crippen LogP contribution < -0.4 is 10.6 Å². The van der Waals surface area contributed by atoms with Gasteiger partial charge >= 0.3 is 6.18 Å². The highest BCUT2D eigenvalue weighted by atomic mass is 19.4. The predicted molar refractivity (Wildman–Crippen MR) is 51.4 cm³/mol. The van der Waals surface area contributed by atoms with Gasteiger partial charge in [-0.05, 0) is 20.8 Å². The first-order valence-corrected chi connectivity index (χ1v) is 4.69. The molecule has 6 heteroatoms. The maximum absolute atomic E-state index is 11.7. The van der Waals surface area contributed by atoms with Crippen LogP contribution in [0.3, 0.4) is 0 Å². The van der Waals surface area contributed by atoms with Gasteiger partial charge in [-0.2, -0.15) is 13.2 Å². The minimum atomic E-state index is -4.22. The molecule has 0 aromatic rings. The van der Waals surface area contributed by atoms with Crippen molar-refractivity contribution in [3.63, 3.8) is 0 Å². The van der Waals surface area contributed by atoms with Crippen molar-refractivity contribution in [3.05, 3.63) is 0 Å². The van der Waals surface area contributed by atoms with E-state index in [4.69, 9.17) is 0 Å². The molecule has 0 unspecified atom stereocenters. The molecule has 0 aliphatic heterocycles. The number of hydrogen-bond acceptors (Lipinski definition) is 2. The summed E-state index contributed by atoms with van der Waals surface area (Å²) in [6.45, 7) is 5.28. The van der Waals surface area contributed by atoms with E-state index in [9.17, 15) is 18.0 Å². The van der Waals surface area contributed by atoms with Crippen LogP contribution in [0.1, 0.15) is 27.2 Å². The van der Waals surface area contributed by atoms with E-state index in [1.165, 1.54) is 0 Å². The maximum atomic E-state index is 11.7. The molecule has 15 heavy (non-hydrogen) atoms. The van der Waals surface area contributed by atoms with Crippen LogP contribution in [0.4, 0.5) is 13.2 Å². The van der Waals surface area contributed by atoms with Crippen molar-refractivity contribution in [3.8, 4) is 0 Å². The Morgan fingerprint density at radius 3 is 2.13 bits per heavy atom. The minimum Gasteiger partial charge on any atom is -0.355 e. The van der Waals surface area contributed by atoms with E-state index in [0.717, 1.165) is 0 Å². The van der Waals surface area contributed by atoms with Crippen molar-refractivity contribution >= 4 is 5.91 Å². The second kappa shape index (κ2) is 5.34. The van der Waals surface area contributed by atoms with Crippen LogP contribution in [0.5, 0.6) is 0 Å². The summed E-state index contributed by atoms with van der Waals surface area (Å²) in [6.07, 6.45) is -5.21. The molecule has 0 rings (SSSR count). The van der Waals surface area contributed by atoms with Gasteiger partial charge in [0.1, 0.15) is 0 Å². The first kappa shape index (κ1) is 14.2. The minimum absolute atomic E-state index is 0.0291. The number of halogens is 3. The van der Waals surface area contributed by atoms with Gasteiger partial charge in [0.25, 0.3) is 0 Å². The fourth-order valence-corrected chi connectivity index (χ4v) is 0.752. The molecule has 0 aliphatic carbocycles. The summed E-state index contributed by atoms with van der Waals surface area (Å²) >= 11 is 0. The Bertz CT molecular complexity index is 208. The SMILES string of the molecule is CC(C)(C)NCC(=O)NCCC(F)(F)F. The highest BCUT2D eigenvalue weighted by Gasteiger charge is 2.26. The lowest BCUT2D eigenvalue weighted by Crippen LogP contribution is -2.43.